The Hall–Kier alpha value is -1.84. The third kappa shape index (κ3) is 4.28. The third-order valence-corrected chi connectivity index (χ3v) is 5.34. The van der Waals surface area contributed by atoms with Crippen LogP contribution in [-0.2, 0) is 17.6 Å². The zero-order chi connectivity index (χ0) is 18.0. The van der Waals surface area contributed by atoms with Crippen LogP contribution in [0, 0.1) is 5.41 Å². The molecular weight excluding hydrogens is 344 g/mol. The molecule has 1 unspecified atom stereocenters. The van der Waals surface area contributed by atoms with Crippen molar-refractivity contribution in [2.75, 3.05) is 6.54 Å². The van der Waals surface area contributed by atoms with E-state index in [1.165, 1.54) is 16.7 Å². The molecule has 1 amide bonds. The van der Waals surface area contributed by atoms with E-state index in [2.05, 4.69) is 55.6 Å². The SMILES string of the molecule is CC(C)c1ccc(C(N)CNC(=O)C2(C)Cc3ccccc3C2)cc1.Cl. The number of nitrogens with one attached hydrogen (secondary N) is 1. The lowest BCUT2D eigenvalue weighted by atomic mass is 9.86. The average molecular weight is 373 g/mol. The Kier molecular flexibility index (Phi) is 6.48. The van der Waals surface area contributed by atoms with Gasteiger partial charge >= 0.3 is 0 Å². The predicted octanol–water partition coefficient (Wildman–Crippen LogP) is 4.15. The Morgan fingerprint density at radius 1 is 1.04 bits per heavy atom. The van der Waals surface area contributed by atoms with Crippen molar-refractivity contribution in [1.82, 2.24) is 5.32 Å². The van der Waals surface area contributed by atoms with Crippen LogP contribution in [0.25, 0.3) is 0 Å². The lowest BCUT2D eigenvalue weighted by molar-refractivity contribution is -0.129. The second-order valence-corrected chi connectivity index (χ2v) is 7.82. The summed E-state index contributed by atoms with van der Waals surface area (Å²) in [6.45, 7) is 6.86. The fourth-order valence-corrected chi connectivity index (χ4v) is 3.63. The molecule has 0 heterocycles. The molecule has 0 bridgehead atoms. The number of benzene rings is 2. The molecule has 2 aromatic rings. The van der Waals surface area contributed by atoms with Crippen molar-refractivity contribution in [3.63, 3.8) is 0 Å². The molecule has 140 valence electrons. The summed E-state index contributed by atoms with van der Waals surface area (Å²) in [6.07, 6.45) is 1.60. The number of carbonyl (C=O) groups is 1. The fourth-order valence-electron chi connectivity index (χ4n) is 3.63. The van der Waals surface area contributed by atoms with Crippen LogP contribution in [0.1, 0.15) is 55.0 Å². The van der Waals surface area contributed by atoms with Crippen molar-refractivity contribution in [2.24, 2.45) is 11.1 Å². The van der Waals surface area contributed by atoms with Gasteiger partial charge in [0.2, 0.25) is 5.91 Å². The molecule has 1 atom stereocenters. The molecule has 3 N–H and O–H groups in total. The first-order valence-electron chi connectivity index (χ1n) is 9.09. The van der Waals surface area contributed by atoms with Crippen molar-refractivity contribution in [1.29, 1.82) is 0 Å². The van der Waals surface area contributed by atoms with Crippen LogP contribution in [0.5, 0.6) is 0 Å². The second-order valence-electron chi connectivity index (χ2n) is 7.82. The Bertz CT molecular complexity index is 730. The molecule has 1 aliphatic rings. The molecule has 3 rings (SSSR count). The molecule has 0 radical (unpaired) electrons. The highest BCUT2D eigenvalue weighted by Gasteiger charge is 2.39. The first-order chi connectivity index (χ1) is 11.9. The normalized spacial score (nSPS) is 15.9. The molecule has 0 aromatic heterocycles. The number of hydrogen-bond donors (Lipinski definition) is 2. The third-order valence-electron chi connectivity index (χ3n) is 5.34. The molecular formula is C22H29ClN2O. The van der Waals surface area contributed by atoms with E-state index in [-0.39, 0.29) is 29.8 Å². The van der Waals surface area contributed by atoms with Crippen LogP contribution in [0.4, 0.5) is 0 Å². The van der Waals surface area contributed by atoms with Crippen molar-refractivity contribution in [3.8, 4) is 0 Å². The highest BCUT2D eigenvalue weighted by molar-refractivity contribution is 5.85. The van der Waals surface area contributed by atoms with Gasteiger partial charge in [-0.25, -0.2) is 0 Å². The van der Waals surface area contributed by atoms with E-state index in [1.54, 1.807) is 0 Å². The van der Waals surface area contributed by atoms with E-state index >= 15 is 0 Å². The van der Waals surface area contributed by atoms with Gasteiger partial charge in [-0.1, -0.05) is 69.3 Å². The topological polar surface area (TPSA) is 55.1 Å². The summed E-state index contributed by atoms with van der Waals surface area (Å²) in [5, 5.41) is 3.07. The van der Waals surface area contributed by atoms with Crippen LogP contribution in [0.2, 0.25) is 0 Å². The number of nitrogens with two attached hydrogens (primary N) is 1. The fraction of sp³-hybridized carbons (Fsp3) is 0.409. The zero-order valence-corrected chi connectivity index (χ0v) is 16.6. The van der Waals surface area contributed by atoms with Crippen LogP contribution < -0.4 is 11.1 Å². The van der Waals surface area contributed by atoms with Crippen molar-refractivity contribution in [2.45, 2.75) is 45.6 Å². The Morgan fingerprint density at radius 3 is 2.04 bits per heavy atom. The molecule has 3 nitrogen and oxygen atoms in total. The number of amides is 1. The summed E-state index contributed by atoms with van der Waals surface area (Å²) in [6, 6.07) is 16.5. The maximum atomic E-state index is 12.7. The van der Waals surface area contributed by atoms with Crippen LogP contribution in [0.3, 0.4) is 0 Å². The monoisotopic (exact) mass is 372 g/mol. The van der Waals surface area contributed by atoms with Gasteiger partial charge in [-0.3, -0.25) is 4.79 Å². The van der Waals surface area contributed by atoms with Gasteiger partial charge in [0.15, 0.2) is 0 Å². The first-order valence-corrected chi connectivity index (χ1v) is 9.09. The zero-order valence-electron chi connectivity index (χ0n) is 15.8. The van der Waals surface area contributed by atoms with E-state index < -0.39 is 0 Å². The van der Waals surface area contributed by atoms with Gasteiger partial charge in [-0.05, 0) is 41.0 Å². The van der Waals surface area contributed by atoms with Crippen LogP contribution in [-0.4, -0.2) is 12.5 Å². The lowest BCUT2D eigenvalue weighted by Gasteiger charge is -2.24. The standard InChI is InChI=1S/C22H28N2O.ClH/c1-15(2)16-8-10-17(11-9-16)20(23)14-24-21(25)22(3)12-18-6-4-5-7-19(18)13-22;/h4-11,15,20H,12-14,23H2,1-3H3,(H,24,25);1H. The van der Waals surface area contributed by atoms with Crippen molar-refractivity contribution >= 4 is 18.3 Å². The summed E-state index contributed by atoms with van der Waals surface area (Å²) in [4.78, 5) is 12.7. The Labute approximate surface area is 162 Å². The van der Waals surface area contributed by atoms with Gasteiger partial charge < -0.3 is 11.1 Å². The lowest BCUT2D eigenvalue weighted by Crippen LogP contribution is -2.42. The second kappa shape index (κ2) is 8.24. The predicted molar refractivity (Wildman–Crippen MR) is 110 cm³/mol. The first kappa shape index (κ1) is 20.5. The number of fused-ring (bicyclic) bond motifs is 1. The number of rotatable bonds is 5. The molecule has 26 heavy (non-hydrogen) atoms. The quantitative estimate of drug-likeness (QED) is 0.828. The molecule has 2 aromatic carbocycles. The van der Waals surface area contributed by atoms with Gasteiger partial charge in [0.25, 0.3) is 0 Å². The largest absolute Gasteiger partial charge is 0.354 e. The maximum Gasteiger partial charge on any atom is 0.226 e. The average Bonchev–Trinajstić information content (AvgIpc) is 2.96. The minimum Gasteiger partial charge on any atom is -0.354 e. The molecule has 0 spiro atoms. The van der Waals surface area contributed by atoms with E-state index in [0.29, 0.717) is 12.5 Å². The maximum absolute atomic E-state index is 12.7. The van der Waals surface area contributed by atoms with E-state index in [9.17, 15) is 4.79 Å². The summed E-state index contributed by atoms with van der Waals surface area (Å²) in [7, 11) is 0. The van der Waals surface area contributed by atoms with Gasteiger partial charge in [0, 0.05) is 12.6 Å². The van der Waals surface area contributed by atoms with E-state index in [0.717, 1.165) is 18.4 Å². The van der Waals surface area contributed by atoms with Crippen molar-refractivity contribution in [3.05, 3.63) is 70.8 Å². The number of carbonyl (C=O) groups excluding carboxylic acids is 1. The van der Waals surface area contributed by atoms with E-state index in [1.807, 2.05) is 19.1 Å². The highest BCUT2D eigenvalue weighted by Crippen LogP contribution is 2.36. The smallest absolute Gasteiger partial charge is 0.226 e. The minimum absolute atomic E-state index is 0. The van der Waals surface area contributed by atoms with Gasteiger partial charge in [0.05, 0.1) is 5.41 Å². The number of halogens is 1. The Morgan fingerprint density at radius 2 is 1.54 bits per heavy atom. The molecule has 4 heteroatoms. The molecule has 0 aliphatic heterocycles. The van der Waals surface area contributed by atoms with Gasteiger partial charge in [-0.15, -0.1) is 12.4 Å². The summed E-state index contributed by atoms with van der Waals surface area (Å²) >= 11 is 0. The molecule has 0 saturated heterocycles. The van der Waals surface area contributed by atoms with Crippen LogP contribution in [0.15, 0.2) is 48.5 Å². The van der Waals surface area contributed by atoms with Crippen LogP contribution >= 0.6 is 12.4 Å². The van der Waals surface area contributed by atoms with Crippen molar-refractivity contribution < 1.29 is 4.79 Å². The van der Waals surface area contributed by atoms with E-state index in [4.69, 9.17) is 5.73 Å². The molecule has 1 aliphatic carbocycles. The summed E-state index contributed by atoms with van der Waals surface area (Å²) < 4.78 is 0. The summed E-state index contributed by atoms with van der Waals surface area (Å²) in [5.41, 5.74) is 10.8. The van der Waals surface area contributed by atoms with Gasteiger partial charge in [0.1, 0.15) is 0 Å². The molecule has 0 fully saturated rings. The number of hydrogen-bond acceptors (Lipinski definition) is 2. The minimum atomic E-state index is -0.370. The summed E-state index contributed by atoms with van der Waals surface area (Å²) in [5.74, 6) is 0.604. The van der Waals surface area contributed by atoms with Gasteiger partial charge in [-0.2, -0.15) is 0 Å². The Balaban J connectivity index is 0.00000243. The highest BCUT2D eigenvalue weighted by atomic mass is 35.5. The molecule has 0 saturated carbocycles.